The molecule has 7 nitrogen and oxygen atoms in total. The molecule has 214 valence electrons. The molecule has 1 aromatic heterocycles. The lowest BCUT2D eigenvalue weighted by molar-refractivity contribution is 0.0664. The van der Waals surface area contributed by atoms with Crippen LogP contribution < -0.4 is 10.2 Å². The topological polar surface area (TPSA) is 73.5 Å². The Morgan fingerprint density at radius 3 is 2.63 bits per heavy atom. The second-order valence-electron chi connectivity index (χ2n) is 11.5. The average molecular weight is 556 g/mol. The van der Waals surface area contributed by atoms with E-state index in [1.165, 1.54) is 11.8 Å². The zero-order valence-corrected chi connectivity index (χ0v) is 23.9. The van der Waals surface area contributed by atoms with Gasteiger partial charge < -0.3 is 19.9 Å². The molecule has 0 saturated carbocycles. The quantitative estimate of drug-likeness (QED) is 0.312. The van der Waals surface area contributed by atoms with Crippen LogP contribution in [-0.4, -0.2) is 67.4 Å². The van der Waals surface area contributed by atoms with Gasteiger partial charge in [0.1, 0.15) is 5.82 Å². The Hall–Kier alpha value is -3.75. The van der Waals surface area contributed by atoms with Crippen molar-refractivity contribution in [3.05, 3.63) is 88.2 Å². The van der Waals surface area contributed by atoms with E-state index >= 15 is 0 Å². The van der Waals surface area contributed by atoms with Gasteiger partial charge in [-0.05, 0) is 110 Å². The molecule has 0 spiro atoms. The predicted molar refractivity (Wildman–Crippen MR) is 161 cm³/mol. The van der Waals surface area contributed by atoms with E-state index < -0.39 is 0 Å². The van der Waals surface area contributed by atoms with E-state index in [1.54, 1.807) is 12.1 Å². The first-order valence-corrected chi connectivity index (χ1v) is 14.6. The fourth-order valence-corrected chi connectivity index (χ4v) is 5.99. The molecule has 1 amide bonds. The number of aromatic nitrogens is 2. The lowest BCUT2D eigenvalue weighted by atomic mass is 9.89. The zero-order chi connectivity index (χ0) is 28.3. The number of aromatic amines is 1. The number of carbonyl (C=O) groups is 1. The Morgan fingerprint density at radius 2 is 1.83 bits per heavy atom. The smallest absolute Gasteiger partial charge is 0.257 e. The van der Waals surface area contributed by atoms with Crippen LogP contribution >= 0.6 is 0 Å². The van der Waals surface area contributed by atoms with E-state index in [0.29, 0.717) is 23.7 Å². The number of anilines is 2. The molecular weight excluding hydrogens is 517 g/mol. The molecule has 8 heteroatoms. The number of aryl methyl sites for hydroxylation is 1. The summed E-state index contributed by atoms with van der Waals surface area (Å²) in [5.41, 5.74) is 6.80. The van der Waals surface area contributed by atoms with Crippen molar-refractivity contribution in [3.8, 4) is 0 Å². The fourth-order valence-electron chi connectivity index (χ4n) is 5.99. The molecule has 2 fully saturated rings. The molecule has 0 bridgehead atoms. The highest BCUT2D eigenvalue weighted by Crippen LogP contribution is 2.29. The fraction of sp³-hybridized carbons (Fsp3) is 0.394. The summed E-state index contributed by atoms with van der Waals surface area (Å²) in [5, 5.41) is 11.4. The summed E-state index contributed by atoms with van der Waals surface area (Å²) in [7, 11) is 2.16. The maximum absolute atomic E-state index is 13.9. The van der Waals surface area contributed by atoms with Crippen LogP contribution in [0.4, 0.5) is 15.9 Å². The number of hydrogen-bond acceptors (Lipinski definition) is 5. The summed E-state index contributed by atoms with van der Waals surface area (Å²) in [6.07, 6.45) is 3.47. The van der Waals surface area contributed by atoms with Crippen molar-refractivity contribution >= 4 is 28.3 Å². The van der Waals surface area contributed by atoms with Gasteiger partial charge in [-0.25, -0.2) is 4.39 Å². The van der Waals surface area contributed by atoms with Crippen molar-refractivity contribution in [1.29, 1.82) is 0 Å². The summed E-state index contributed by atoms with van der Waals surface area (Å²) < 4.78 is 19.5. The number of H-pyrrole nitrogens is 1. The van der Waals surface area contributed by atoms with Crippen LogP contribution in [0.15, 0.2) is 54.6 Å². The highest BCUT2D eigenvalue weighted by Gasteiger charge is 2.22. The van der Waals surface area contributed by atoms with Gasteiger partial charge in [0.2, 0.25) is 0 Å². The number of likely N-dealkylation sites (N-methyl/N-ethyl adjacent to an activating group) is 1. The summed E-state index contributed by atoms with van der Waals surface area (Å²) in [5.74, 6) is 0.607. The van der Waals surface area contributed by atoms with Crippen LogP contribution in [-0.2, 0) is 17.6 Å². The first-order valence-electron chi connectivity index (χ1n) is 14.6. The van der Waals surface area contributed by atoms with Crippen LogP contribution in [0.2, 0.25) is 0 Å². The number of rotatable bonds is 7. The summed E-state index contributed by atoms with van der Waals surface area (Å²) >= 11 is 0. The molecule has 0 unspecified atom stereocenters. The molecular formula is C33H38FN5O2. The monoisotopic (exact) mass is 555 g/mol. The predicted octanol–water partition coefficient (Wildman–Crippen LogP) is 5.57. The number of halogens is 1. The summed E-state index contributed by atoms with van der Waals surface area (Å²) in [6, 6.07) is 17.2. The molecule has 0 radical (unpaired) electrons. The van der Waals surface area contributed by atoms with Crippen LogP contribution in [0.5, 0.6) is 0 Å². The Morgan fingerprint density at radius 1 is 1.02 bits per heavy atom. The molecule has 3 aromatic carbocycles. The minimum Gasteiger partial charge on any atom is -0.381 e. The van der Waals surface area contributed by atoms with Crippen LogP contribution in [0.1, 0.15) is 45.5 Å². The van der Waals surface area contributed by atoms with E-state index in [1.807, 2.05) is 31.2 Å². The van der Waals surface area contributed by atoms with Gasteiger partial charge in [-0.3, -0.25) is 9.89 Å². The van der Waals surface area contributed by atoms with Gasteiger partial charge in [-0.15, -0.1) is 0 Å². The third kappa shape index (κ3) is 6.29. The normalized spacial score (nSPS) is 16.8. The molecule has 4 aromatic rings. The van der Waals surface area contributed by atoms with Crippen LogP contribution in [0.3, 0.4) is 0 Å². The zero-order valence-electron chi connectivity index (χ0n) is 23.9. The van der Waals surface area contributed by atoms with E-state index in [-0.39, 0.29) is 11.7 Å². The second kappa shape index (κ2) is 12.0. The van der Waals surface area contributed by atoms with Gasteiger partial charge in [0, 0.05) is 56.0 Å². The molecule has 3 heterocycles. The van der Waals surface area contributed by atoms with E-state index in [9.17, 15) is 9.18 Å². The Labute approximate surface area is 240 Å². The number of hydrogen-bond donors (Lipinski definition) is 2. The molecule has 2 aliphatic rings. The number of ether oxygens (including phenoxy) is 1. The van der Waals surface area contributed by atoms with Gasteiger partial charge in [-0.2, -0.15) is 5.10 Å². The third-order valence-corrected chi connectivity index (χ3v) is 8.62. The first kappa shape index (κ1) is 27.4. The number of nitrogens with zero attached hydrogens (tertiary/aromatic N) is 3. The van der Waals surface area contributed by atoms with Gasteiger partial charge in [0.05, 0.1) is 5.52 Å². The maximum Gasteiger partial charge on any atom is 0.257 e. The van der Waals surface area contributed by atoms with Crippen molar-refractivity contribution in [2.24, 2.45) is 5.92 Å². The minimum atomic E-state index is -0.238. The van der Waals surface area contributed by atoms with Crippen molar-refractivity contribution in [2.45, 2.75) is 32.6 Å². The molecule has 6 rings (SSSR count). The van der Waals surface area contributed by atoms with Gasteiger partial charge >= 0.3 is 0 Å². The van der Waals surface area contributed by atoms with Gasteiger partial charge in [-0.1, -0.05) is 12.1 Å². The van der Waals surface area contributed by atoms with Crippen molar-refractivity contribution in [3.63, 3.8) is 0 Å². The van der Waals surface area contributed by atoms with E-state index in [0.717, 1.165) is 91.8 Å². The van der Waals surface area contributed by atoms with Crippen molar-refractivity contribution in [2.75, 3.05) is 56.7 Å². The SMILES string of the molecule is Cc1ccc(F)cc1Cc1ccc2[nH]nc(NC(=O)c3ccc(N4CCN(C)CC4)cc3CC3CCOCC3)c2c1. The Kier molecular flexibility index (Phi) is 8.03. The number of piperazine rings is 1. The van der Waals surface area contributed by atoms with Gasteiger partial charge in [0.25, 0.3) is 5.91 Å². The number of carbonyl (C=O) groups excluding carboxylic acids is 1. The number of nitrogens with one attached hydrogen (secondary N) is 2. The molecule has 0 aliphatic carbocycles. The molecule has 2 saturated heterocycles. The summed E-state index contributed by atoms with van der Waals surface area (Å²) in [4.78, 5) is 18.5. The second-order valence-corrected chi connectivity index (χ2v) is 11.5. The van der Waals surface area contributed by atoms with Crippen LogP contribution in [0.25, 0.3) is 10.9 Å². The van der Waals surface area contributed by atoms with Crippen molar-refractivity contribution in [1.82, 2.24) is 15.1 Å². The average Bonchev–Trinajstić information content (AvgIpc) is 3.37. The first-order chi connectivity index (χ1) is 19.9. The highest BCUT2D eigenvalue weighted by molar-refractivity contribution is 6.08. The Balaban J connectivity index is 1.26. The largest absolute Gasteiger partial charge is 0.381 e. The molecule has 0 atom stereocenters. The maximum atomic E-state index is 13.9. The lowest BCUT2D eigenvalue weighted by Gasteiger charge is -2.34. The standard InChI is InChI=1S/C33H38FN5O2/c1-22-3-5-27(34)20-25(22)18-24-4-8-31-30(19-24)32(37-36-31)35-33(40)29-7-6-28(39-13-11-38(2)12-14-39)21-26(29)17-23-9-15-41-16-10-23/h3-8,19-21,23H,9-18H2,1-2H3,(H2,35,36,37,40). The number of fused-ring (bicyclic) bond motifs is 1. The van der Waals surface area contributed by atoms with E-state index in [2.05, 4.69) is 44.5 Å². The third-order valence-electron chi connectivity index (χ3n) is 8.62. The molecule has 41 heavy (non-hydrogen) atoms. The van der Waals surface area contributed by atoms with E-state index in [4.69, 9.17) is 4.74 Å². The highest BCUT2D eigenvalue weighted by atomic mass is 19.1. The number of benzene rings is 3. The summed E-state index contributed by atoms with van der Waals surface area (Å²) in [6.45, 7) is 7.58. The Bertz CT molecular complexity index is 1540. The molecule has 2 N–H and O–H groups in total. The van der Waals surface area contributed by atoms with Crippen molar-refractivity contribution < 1.29 is 13.9 Å². The molecule has 2 aliphatic heterocycles. The van der Waals surface area contributed by atoms with Crippen LogP contribution in [0, 0.1) is 18.7 Å². The lowest BCUT2D eigenvalue weighted by Crippen LogP contribution is -2.44. The number of amides is 1. The van der Waals surface area contributed by atoms with Gasteiger partial charge in [0.15, 0.2) is 5.82 Å². The minimum absolute atomic E-state index is 0.156.